The zero-order valence-electron chi connectivity index (χ0n) is 22.4. The van der Waals surface area contributed by atoms with E-state index in [1.165, 1.54) is 5.56 Å². The molecule has 0 aliphatic rings. The fourth-order valence-electron chi connectivity index (χ4n) is 5.23. The molecule has 4 aromatic rings. The quantitative estimate of drug-likeness (QED) is 0.226. The Bertz CT molecular complexity index is 1250. The summed E-state index contributed by atoms with van der Waals surface area (Å²) in [5, 5.41) is 2.19. The van der Waals surface area contributed by atoms with Gasteiger partial charge in [0.2, 0.25) is 0 Å². The average molecular weight is 525 g/mol. The summed E-state index contributed by atoms with van der Waals surface area (Å²) >= 11 is 0. The molecular formula is C30H38O4P2. The minimum absolute atomic E-state index is 0.0844. The van der Waals surface area contributed by atoms with E-state index >= 15 is 0 Å². The number of benzene rings is 3. The summed E-state index contributed by atoms with van der Waals surface area (Å²) < 4.78 is 25.5. The van der Waals surface area contributed by atoms with Crippen LogP contribution in [-0.2, 0) is 4.74 Å². The van der Waals surface area contributed by atoms with Gasteiger partial charge in [-0.25, -0.2) is 0 Å². The van der Waals surface area contributed by atoms with Gasteiger partial charge in [-0.05, 0) is 28.0 Å². The van der Waals surface area contributed by atoms with Gasteiger partial charge in [0.05, 0.1) is 6.61 Å². The number of hydrogen-bond donors (Lipinski definition) is 0. The number of hydrogen-bond acceptors (Lipinski definition) is 4. The third-order valence-electron chi connectivity index (χ3n) is 6.18. The summed E-state index contributed by atoms with van der Waals surface area (Å²) in [5.74, 6) is 0. The molecule has 0 radical (unpaired) electrons. The van der Waals surface area contributed by atoms with Crippen molar-refractivity contribution in [3.63, 3.8) is 0 Å². The molecular weight excluding hydrogens is 486 g/mol. The van der Waals surface area contributed by atoms with Crippen molar-refractivity contribution in [2.75, 3.05) is 13.7 Å². The molecule has 0 saturated heterocycles. The Kier molecular flexibility index (Phi) is 8.32. The lowest BCUT2D eigenvalue weighted by Crippen LogP contribution is -2.37. The van der Waals surface area contributed by atoms with Crippen molar-refractivity contribution >= 4 is 38.1 Å². The van der Waals surface area contributed by atoms with Crippen LogP contribution in [0.2, 0.25) is 0 Å². The fraction of sp³-hybridized carbons (Fsp3) is 0.400. The molecule has 36 heavy (non-hydrogen) atoms. The Labute approximate surface area is 217 Å². The van der Waals surface area contributed by atoms with Crippen molar-refractivity contribution in [1.82, 2.24) is 0 Å². The van der Waals surface area contributed by atoms with E-state index in [-0.39, 0.29) is 22.1 Å². The number of para-hydroxylation sites is 2. The molecule has 0 spiro atoms. The zero-order chi connectivity index (χ0) is 25.9. The van der Waals surface area contributed by atoms with Crippen molar-refractivity contribution in [3.05, 3.63) is 84.4 Å². The predicted molar refractivity (Wildman–Crippen MR) is 154 cm³/mol. The number of ether oxygens (including phenoxy) is 1. The van der Waals surface area contributed by atoms with Crippen LogP contribution in [0.25, 0.3) is 21.9 Å². The van der Waals surface area contributed by atoms with Gasteiger partial charge in [-0.3, -0.25) is 4.52 Å². The normalized spacial score (nSPS) is 14.3. The molecule has 3 aromatic carbocycles. The minimum Gasteiger partial charge on any atom is -0.399 e. The first kappa shape index (κ1) is 27.0. The first-order chi connectivity index (χ1) is 17.1. The highest BCUT2D eigenvalue weighted by Crippen LogP contribution is 2.69. The molecule has 0 bridgehead atoms. The summed E-state index contributed by atoms with van der Waals surface area (Å²) in [6, 6.07) is 26.8. The van der Waals surface area contributed by atoms with E-state index in [9.17, 15) is 0 Å². The number of rotatable bonds is 7. The van der Waals surface area contributed by atoms with Crippen LogP contribution < -0.4 is 4.52 Å². The average Bonchev–Trinajstić information content (AvgIpc) is 2.97. The van der Waals surface area contributed by atoms with Crippen molar-refractivity contribution in [2.45, 2.75) is 63.6 Å². The first-order valence-corrected chi connectivity index (χ1v) is 14.9. The van der Waals surface area contributed by atoms with E-state index in [0.29, 0.717) is 6.61 Å². The predicted octanol–water partition coefficient (Wildman–Crippen LogP) is 9.55. The molecule has 0 N–H and O–H groups in total. The van der Waals surface area contributed by atoms with E-state index in [1.807, 2.05) is 36.4 Å². The molecule has 192 valence electrons. The third-order valence-corrected chi connectivity index (χ3v) is 11.4. The van der Waals surface area contributed by atoms with Crippen LogP contribution in [0.4, 0.5) is 0 Å². The van der Waals surface area contributed by atoms with Gasteiger partial charge in [-0.15, -0.1) is 0 Å². The molecule has 0 amide bonds. The molecule has 0 unspecified atom stereocenters. The molecule has 6 heteroatoms. The molecule has 2 atom stereocenters. The Morgan fingerprint density at radius 3 is 1.67 bits per heavy atom. The molecule has 0 aliphatic carbocycles. The van der Waals surface area contributed by atoms with Crippen molar-refractivity contribution in [2.24, 2.45) is 0 Å². The Morgan fingerprint density at radius 2 is 1.19 bits per heavy atom. The maximum Gasteiger partial charge on any atom is 0.387 e. The molecule has 4 nitrogen and oxygen atoms in total. The summed E-state index contributed by atoms with van der Waals surface area (Å²) in [5.41, 5.74) is 2.94. The molecule has 0 saturated carbocycles. The van der Waals surface area contributed by atoms with Crippen LogP contribution in [0.1, 0.15) is 52.8 Å². The molecule has 4 rings (SSSR count). The second-order valence-electron chi connectivity index (χ2n) is 11.1. The van der Waals surface area contributed by atoms with E-state index in [0.717, 1.165) is 21.9 Å². The van der Waals surface area contributed by atoms with Crippen LogP contribution in [0.3, 0.4) is 0 Å². The lowest BCUT2D eigenvalue weighted by molar-refractivity contribution is 0.101. The smallest absolute Gasteiger partial charge is 0.387 e. The second kappa shape index (κ2) is 11.1. The van der Waals surface area contributed by atoms with Gasteiger partial charge < -0.3 is 13.1 Å². The fourth-order valence-corrected chi connectivity index (χ4v) is 11.1. The summed E-state index contributed by atoms with van der Waals surface area (Å²) in [7, 11) is -0.552. The maximum atomic E-state index is 6.82. The third kappa shape index (κ3) is 6.06. The first-order valence-electron chi connectivity index (χ1n) is 12.4. The van der Waals surface area contributed by atoms with E-state index in [1.54, 1.807) is 7.11 Å². The Hall–Kier alpha value is -2.09. The lowest BCUT2D eigenvalue weighted by Gasteiger charge is -2.48. The number of methoxy groups -OCH3 is 1. The highest BCUT2D eigenvalue weighted by atomic mass is 31.1. The summed E-state index contributed by atoms with van der Waals surface area (Å²) in [6.45, 7) is 14.5. The number of fused-ring (bicyclic) bond motifs is 3. The van der Waals surface area contributed by atoms with Gasteiger partial charge in [-0.1, -0.05) is 116 Å². The lowest BCUT2D eigenvalue weighted by atomic mass is 10.1. The van der Waals surface area contributed by atoms with Crippen LogP contribution >= 0.6 is 16.2 Å². The maximum absolute atomic E-state index is 6.82. The van der Waals surface area contributed by atoms with Gasteiger partial charge in [0.25, 0.3) is 0 Å². The van der Waals surface area contributed by atoms with Crippen molar-refractivity contribution in [1.29, 1.82) is 0 Å². The van der Waals surface area contributed by atoms with Gasteiger partial charge in [-0.2, -0.15) is 0 Å². The van der Waals surface area contributed by atoms with Crippen molar-refractivity contribution in [3.8, 4) is 0 Å². The van der Waals surface area contributed by atoms with E-state index < -0.39 is 16.2 Å². The molecule has 0 fully saturated rings. The van der Waals surface area contributed by atoms with Gasteiger partial charge in [0, 0.05) is 23.5 Å². The van der Waals surface area contributed by atoms with Gasteiger partial charge in [0.15, 0.2) is 0 Å². The van der Waals surface area contributed by atoms with Gasteiger partial charge >= 0.3 is 8.24 Å². The van der Waals surface area contributed by atoms with E-state index in [4.69, 9.17) is 17.7 Å². The van der Waals surface area contributed by atoms with Crippen molar-refractivity contribution < 1.29 is 17.7 Å². The monoisotopic (exact) mass is 524 g/mol. The molecule has 0 aliphatic heterocycles. The topological polar surface area (TPSA) is 44.7 Å². The van der Waals surface area contributed by atoms with E-state index in [2.05, 4.69) is 84.0 Å². The zero-order valence-corrected chi connectivity index (χ0v) is 24.2. The summed E-state index contributed by atoms with van der Waals surface area (Å²) in [6.07, 6.45) is -0.245. The van der Waals surface area contributed by atoms with Crippen LogP contribution in [0.15, 0.2) is 87.3 Å². The summed E-state index contributed by atoms with van der Waals surface area (Å²) in [4.78, 5) is 0. The highest BCUT2D eigenvalue weighted by Gasteiger charge is 2.45. The second-order valence-corrected chi connectivity index (χ2v) is 16.1. The molecule has 1 aromatic heterocycles. The largest absolute Gasteiger partial charge is 0.399 e. The molecule has 1 heterocycles. The van der Waals surface area contributed by atoms with Crippen LogP contribution in [0.5, 0.6) is 0 Å². The minimum atomic E-state index is -1.71. The van der Waals surface area contributed by atoms with Crippen LogP contribution in [0, 0.1) is 0 Å². The Morgan fingerprint density at radius 1 is 0.722 bits per heavy atom. The van der Waals surface area contributed by atoms with Gasteiger partial charge in [0.1, 0.15) is 17.3 Å². The van der Waals surface area contributed by atoms with Crippen LogP contribution in [-0.4, -0.2) is 30.1 Å². The highest BCUT2D eigenvalue weighted by molar-refractivity contribution is 7.61. The Balaban J connectivity index is 1.90. The SMILES string of the molecule is COC[C@H](Op1oc2ccccc2c2ccccc2o1)[C@@H](c1ccccc1)P(C(C)(C)C)C(C)(C)C. The standard InChI is InChI=1S/C30H38O4P2/c1-29(2,3)35(30(4,5)6)28(22-15-9-8-10-16-22)27(21-31-7)34-36-32-25-19-13-11-17-23(25)24-18-12-14-20-26(24)33-36/h8-20,27-28H,21H2,1-7H3/t27-,28+/m0/s1.